The molecule has 2 unspecified atom stereocenters. The van der Waals surface area contributed by atoms with Gasteiger partial charge in [0.1, 0.15) is 0 Å². The van der Waals surface area contributed by atoms with Gasteiger partial charge in [-0.15, -0.1) is 0 Å². The van der Waals surface area contributed by atoms with Gasteiger partial charge in [0, 0.05) is 38.3 Å². The van der Waals surface area contributed by atoms with Gasteiger partial charge in [-0.1, -0.05) is 98.1 Å². The molecular weight excluding hydrogens is 468 g/mol. The average molecular weight is 509 g/mol. The number of hydrogen-bond donors (Lipinski definition) is 0. The highest BCUT2D eigenvalue weighted by Gasteiger charge is 2.31. The van der Waals surface area contributed by atoms with Gasteiger partial charge in [0.2, 0.25) is 0 Å². The molecule has 0 spiro atoms. The molecule has 3 aromatic rings. The van der Waals surface area contributed by atoms with E-state index in [2.05, 4.69) is 108 Å². The summed E-state index contributed by atoms with van der Waals surface area (Å²) in [5.41, 5.74) is 7.56. The summed E-state index contributed by atoms with van der Waals surface area (Å²) >= 11 is 0. The van der Waals surface area contributed by atoms with Crippen molar-refractivity contribution in [1.29, 1.82) is 0 Å². The maximum Gasteiger partial charge on any atom is 0.0594 e. The Morgan fingerprint density at radius 1 is 0.553 bits per heavy atom. The third kappa shape index (κ3) is 6.51. The molecule has 0 saturated carbocycles. The third-order valence-electron chi connectivity index (χ3n) is 7.93. The van der Waals surface area contributed by atoms with Gasteiger partial charge in [0.15, 0.2) is 0 Å². The summed E-state index contributed by atoms with van der Waals surface area (Å²) in [6.45, 7) is 15.9. The van der Waals surface area contributed by atoms with Crippen LogP contribution < -0.4 is 0 Å². The number of ether oxygens (including phenoxy) is 2. The fraction of sp³-hybridized carbons (Fsp3) is 0.353. The molecule has 0 radical (unpaired) electrons. The van der Waals surface area contributed by atoms with Gasteiger partial charge in [-0.3, -0.25) is 9.80 Å². The van der Waals surface area contributed by atoms with Crippen molar-refractivity contribution in [3.05, 3.63) is 120 Å². The average Bonchev–Trinajstić information content (AvgIpc) is 3.00. The van der Waals surface area contributed by atoms with Crippen LogP contribution >= 0.6 is 0 Å². The molecule has 0 bridgehead atoms. The molecule has 2 aliphatic rings. The Labute approximate surface area is 228 Å². The Balaban J connectivity index is 1.51. The minimum Gasteiger partial charge on any atom is -0.379 e. The highest BCUT2D eigenvalue weighted by Crippen LogP contribution is 2.40. The van der Waals surface area contributed by atoms with Gasteiger partial charge in [-0.25, -0.2) is 0 Å². The van der Waals surface area contributed by atoms with E-state index in [9.17, 15) is 0 Å². The van der Waals surface area contributed by atoms with E-state index in [1.807, 2.05) is 0 Å². The van der Waals surface area contributed by atoms with Crippen molar-refractivity contribution in [1.82, 2.24) is 9.80 Å². The highest BCUT2D eigenvalue weighted by atomic mass is 16.5. The van der Waals surface area contributed by atoms with Crippen molar-refractivity contribution in [3.8, 4) is 0 Å². The molecule has 2 saturated heterocycles. The number of benzene rings is 3. The summed E-state index contributed by atoms with van der Waals surface area (Å²) in [4.78, 5) is 5.19. The fourth-order valence-corrected chi connectivity index (χ4v) is 5.82. The molecule has 4 nitrogen and oxygen atoms in total. The lowest BCUT2D eigenvalue weighted by atomic mass is 9.85. The number of nitrogens with zero attached hydrogens (tertiary/aromatic N) is 2. The number of morpholine rings is 2. The molecule has 3 aromatic carbocycles. The van der Waals surface area contributed by atoms with Crippen LogP contribution in [0.5, 0.6) is 0 Å². The minimum absolute atomic E-state index is 0.233. The van der Waals surface area contributed by atoms with E-state index in [4.69, 9.17) is 9.47 Å². The van der Waals surface area contributed by atoms with Crippen LogP contribution in [0.1, 0.15) is 47.2 Å². The molecular formula is C34H40N2O2. The minimum atomic E-state index is 0.233. The van der Waals surface area contributed by atoms with E-state index in [0.717, 1.165) is 65.4 Å². The second-order valence-electron chi connectivity index (χ2n) is 10.3. The molecule has 0 aliphatic carbocycles. The summed E-state index contributed by atoms with van der Waals surface area (Å²) in [6, 6.07) is 30.8. The predicted molar refractivity (Wildman–Crippen MR) is 157 cm³/mol. The second kappa shape index (κ2) is 13.2. The van der Waals surface area contributed by atoms with Gasteiger partial charge < -0.3 is 9.47 Å². The van der Waals surface area contributed by atoms with Gasteiger partial charge in [-0.2, -0.15) is 0 Å². The van der Waals surface area contributed by atoms with Gasteiger partial charge in [0.05, 0.1) is 26.4 Å². The van der Waals surface area contributed by atoms with Crippen molar-refractivity contribution in [2.45, 2.75) is 24.9 Å². The highest BCUT2D eigenvalue weighted by molar-refractivity contribution is 5.65. The van der Waals surface area contributed by atoms with E-state index in [0.29, 0.717) is 0 Å². The van der Waals surface area contributed by atoms with Crippen molar-refractivity contribution in [3.63, 3.8) is 0 Å². The van der Waals surface area contributed by atoms with Gasteiger partial charge >= 0.3 is 0 Å². The lowest BCUT2D eigenvalue weighted by Crippen LogP contribution is -2.41. The smallest absolute Gasteiger partial charge is 0.0594 e. The molecule has 198 valence electrons. The van der Waals surface area contributed by atoms with Crippen molar-refractivity contribution in [2.24, 2.45) is 0 Å². The van der Waals surface area contributed by atoms with E-state index in [1.165, 1.54) is 33.4 Å². The number of hydrogen-bond acceptors (Lipinski definition) is 4. The monoisotopic (exact) mass is 508 g/mol. The first-order chi connectivity index (χ1) is 18.7. The molecule has 2 fully saturated rings. The fourth-order valence-electron chi connectivity index (χ4n) is 5.82. The van der Waals surface area contributed by atoms with Crippen LogP contribution in [0.25, 0.3) is 11.1 Å². The Morgan fingerprint density at radius 3 is 1.26 bits per heavy atom. The zero-order valence-electron chi connectivity index (χ0n) is 22.4. The SMILES string of the molecule is C=C(CC(c1ccccc1C(CC(=C)c1ccccc1)N1CCOCC1)N1CCOCC1)c1ccccc1. The zero-order chi connectivity index (χ0) is 26.2. The Bertz CT molecular complexity index is 1090. The van der Waals surface area contributed by atoms with Crippen LogP contribution in [0.4, 0.5) is 0 Å². The van der Waals surface area contributed by atoms with Gasteiger partial charge in [0.25, 0.3) is 0 Å². The standard InChI is InChI=1S/C34H40N2O2/c1-27(29-11-5-3-6-12-29)25-33(35-17-21-37-22-18-35)31-15-9-10-16-32(31)34(36-19-23-38-24-20-36)26-28(2)30-13-7-4-8-14-30/h3-16,33-34H,1-2,17-26H2. The quantitative estimate of drug-likeness (QED) is 0.306. The molecule has 2 aliphatic heterocycles. The molecule has 0 aromatic heterocycles. The molecule has 0 N–H and O–H groups in total. The summed E-state index contributed by atoms with van der Waals surface area (Å²) in [5.74, 6) is 0. The first kappa shape index (κ1) is 26.6. The molecule has 0 amide bonds. The summed E-state index contributed by atoms with van der Waals surface area (Å²) in [6.07, 6.45) is 1.77. The Kier molecular flexibility index (Phi) is 9.21. The van der Waals surface area contributed by atoms with E-state index in [1.54, 1.807) is 0 Å². The van der Waals surface area contributed by atoms with Crippen LogP contribution in [0.3, 0.4) is 0 Å². The van der Waals surface area contributed by atoms with E-state index < -0.39 is 0 Å². The van der Waals surface area contributed by atoms with Crippen LogP contribution in [0, 0.1) is 0 Å². The second-order valence-corrected chi connectivity index (χ2v) is 10.3. The third-order valence-corrected chi connectivity index (χ3v) is 7.93. The zero-order valence-corrected chi connectivity index (χ0v) is 22.4. The molecule has 5 rings (SSSR count). The van der Waals surface area contributed by atoms with E-state index >= 15 is 0 Å². The van der Waals surface area contributed by atoms with E-state index in [-0.39, 0.29) is 12.1 Å². The van der Waals surface area contributed by atoms with Crippen LogP contribution in [0.15, 0.2) is 98.1 Å². The predicted octanol–water partition coefficient (Wildman–Crippen LogP) is 6.64. The summed E-state index contributed by atoms with van der Waals surface area (Å²) in [7, 11) is 0. The lowest BCUT2D eigenvalue weighted by Gasteiger charge is -2.40. The Hall–Kier alpha value is -3.02. The van der Waals surface area contributed by atoms with Crippen molar-refractivity contribution in [2.75, 3.05) is 52.6 Å². The summed E-state index contributed by atoms with van der Waals surface area (Å²) in [5, 5.41) is 0. The number of rotatable bonds is 10. The van der Waals surface area contributed by atoms with Crippen molar-refractivity contribution < 1.29 is 9.47 Å². The topological polar surface area (TPSA) is 24.9 Å². The van der Waals surface area contributed by atoms with Gasteiger partial charge in [-0.05, 0) is 46.2 Å². The maximum atomic E-state index is 5.75. The first-order valence-corrected chi connectivity index (χ1v) is 13.9. The van der Waals surface area contributed by atoms with Crippen molar-refractivity contribution >= 4 is 11.1 Å². The van der Waals surface area contributed by atoms with Crippen LogP contribution in [0.2, 0.25) is 0 Å². The molecule has 38 heavy (non-hydrogen) atoms. The molecule has 2 atom stereocenters. The largest absolute Gasteiger partial charge is 0.379 e. The normalized spacial score (nSPS) is 18.5. The van der Waals surface area contributed by atoms with Crippen LogP contribution in [-0.2, 0) is 9.47 Å². The lowest BCUT2D eigenvalue weighted by molar-refractivity contribution is 0.0119. The maximum absolute atomic E-state index is 5.75. The first-order valence-electron chi connectivity index (χ1n) is 13.9. The Morgan fingerprint density at radius 2 is 0.895 bits per heavy atom. The molecule has 4 heteroatoms. The van der Waals surface area contributed by atoms with Crippen LogP contribution in [-0.4, -0.2) is 62.4 Å². The molecule has 2 heterocycles. The summed E-state index contributed by atoms with van der Waals surface area (Å²) < 4.78 is 11.5.